The fraction of sp³-hybridized carbons (Fsp3) is 0.167. The molecule has 12 nitrogen and oxygen atoms in total. The Hall–Kier alpha value is -3.05. The lowest BCUT2D eigenvalue weighted by molar-refractivity contribution is 0.476. The number of benzene rings is 2. The number of fused-ring (bicyclic) bond motifs is 1. The van der Waals surface area contributed by atoms with E-state index in [1.807, 2.05) is 6.26 Å². The number of phenols is 1. The molecule has 16 heteroatoms. The van der Waals surface area contributed by atoms with Crippen LogP contribution in [-0.4, -0.2) is 47.6 Å². The molecule has 0 spiro atoms. The quantitative estimate of drug-likeness (QED) is 0.242. The maximum Gasteiger partial charge on any atom is 0.250 e. The highest BCUT2D eigenvalue weighted by molar-refractivity contribution is 7.98. The van der Waals surface area contributed by atoms with Crippen molar-refractivity contribution in [3.8, 4) is 5.75 Å². The standard InChI is InChI=1S/C18H17N9O3S4/c1-27(2)14-8-15(28)13(7-12(14)21-24-17-20-18(31-3)26-33-17)22-23-16-10-6-9(34(19,29)30)4-5-11(10)25-32-16/h4-8,28H,1-3H3,(H2,19,29,30). The lowest BCUT2D eigenvalue weighted by Gasteiger charge is -2.15. The first kappa shape index (κ1) is 24.1. The average Bonchev–Trinajstić information content (AvgIpc) is 3.42. The van der Waals surface area contributed by atoms with E-state index in [1.165, 1.54) is 36.0 Å². The van der Waals surface area contributed by atoms with Gasteiger partial charge in [0.1, 0.15) is 17.1 Å². The number of azo groups is 2. The first-order valence-electron chi connectivity index (χ1n) is 9.33. The number of hydrogen-bond donors (Lipinski definition) is 2. The van der Waals surface area contributed by atoms with Crippen LogP contribution < -0.4 is 10.0 Å². The molecular weight excluding hydrogens is 519 g/mol. The average molecular weight is 536 g/mol. The number of phenolic OH excluding ortho intramolecular Hbond substituents is 1. The number of nitrogens with two attached hydrogens (primary N) is 1. The number of rotatable bonds is 7. The van der Waals surface area contributed by atoms with Gasteiger partial charge in [-0.3, -0.25) is 0 Å². The molecule has 2 heterocycles. The van der Waals surface area contributed by atoms with Crippen LogP contribution in [-0.2, 0) is 10.0 Å². The van der Waals surface area contributed by atoms with Crippen molar-refractivity contribution in [3.63, 3.8) is 0 Å². The summed E-state index contributed by atoms with van der Waals surface area (Å²) in [6.45, 7) is 0. The Kier molecular flexibility index (Phi) is 6.85. The summed E-state index contributed by atoms with van der Waals surface area (Å²) in [5.41, 5.74) is 1.74. The number of thioether (sulfide) groups is 1. The molecule has 176 valence electrons. The van der Waals surface area contributed by atoms with Gasteiger partial charge in [0.15, 0.2) is 5.00 Å². The lowest BCUT2D eigenvalue weighted by Crippen LogP contribution is -2.11. The third-order valence-electron chi connectivity index (χ3n) is 4.38. The molecule has 4 aromatic rings. The van der Waals surface area contributed by atoms with Gasteiger partial charge < -0.3 is 10.0 Å². The van der Waals surface area contributed by atoms with Crippen LogP contribution in [0.25, 0.3) is 10.9 Å². The van der Waals surface area contributed by atoms with Crippen molar-refractivity contribution >= 4 is 82.9 Å². The number of aromatic nitrogens is 3. The van der Waals surface area contributed by atoms with Crippen molar-refractivity contribution < 1.29 is 13.5 Å². The predicted molar refractivity (Wildman–Crippen MR) is 133 cm³/mol. The summed E-state index contributed by atoms with van der Waals surface area (Å²) in [6.07, 6.45) is 1.87. The zero-order valence-corrected chi connectivity index (χ0v) is 21.2. The van der Waals surface area contributed by atoms with Crippen LogP contribution in [0, 0.1) is 0 Å². The molecule has 0 amide bonds. The number of sulfonamides is 1. The molecule has 0 bridgehead atoms. The van der Waals surface area contributed by atoms with Crippen LogP contribution in [0.1, 0.15) is 0 Å². The molecule has 0 fully saturated rings. The predicted octanol–water partition coefficient (Wildman–Crippen LogP) is 5.12. The smallest absolute Gasteiger partial charge is 0.250 e. The second kappa shape index (κ2) is 9.67. The highest BCUT2D eigenvalue weighted by Gasteiger charge is 2.14. The lowest BCUT2D eigenvalue weighted by atomic mass is 10.2. The van der Waals surface area contributed by atoms with Crippen LogP contribution >= 0.6 is 34.8 Å². The van der Waals surface area contributed by atoms with Crippen LogP contribution in [0.5, 0.6) is 5.75 Å². The molecule has 0 saturated heterocycles. The van der Waals surface area contributed by atoms with Crippen molar-refractivity contribution in [2.45, 2.75) is 10.1 Å². The maximum atomic E-state index is 11.7. The highest BCUT2D eigenvalue weighted by Crippen LogP contribution is 2.41. The summed E-state index contributed by atoms with van der Waals surface area (Å²) in [4.78, 5) is 5.94. The molecule has 2 aromatic heterocycles. The summed E-state index contributed by atoms with van der Waals surface area (Å²) in [6, 6.07) is 7.35. The van der Waals surface area contributed by atoms with Gasteiger partial charge in [-0.15, -0.1) is 20.5 Å². The van der Waals surface area contributed by atoms with E-state index in [1.54, 1.807) is 25.1 Å². The largest absolute Gasteiger partial charge is 0.506 e. The molecule has 0 atom stereocenters. The van der Waals surface area contributed by atoms with Gasteiger partial charge in [0.2, 0.25) is 20.3 Å². The maximum absolute atomic E-state index is 11.7. The number of primary sulfonamides is 1. The third-order valence-corrected chi connectivity index (χ3v) is 7.32. The van der Waals surface area contributed by atoms with E-state index < -0.39 is 10.0 Å². The van der Waals surface area contributed by atoms with Crippen LogP contribution in [0.15, 0.2) is 60.8 Å². The van der Waals surface area contributed by atoms with Crippen molar-refractivity contribution in [2.24, 2.45) is 25.6 Å². The zero-order chi connectivity index (χ0) is 24.5. The minimum Gasteiger partial charge on any atom is -0.506 e. The fourth-order valence-corrected chi connectivity index (χ4v) is 5.03. The molecule has 3 N–H and O–H groups in total. The number of aromatic hydroxyl groups is 1. The van der Waals surface area contributed by atoms with E-state index in [-0.39, 0.29) is 16.3 Å². The molecule has 4 rings (SSSR count). The molecule has 34 heavy (non-hydrogen) atoms. The van der Waals surface area contributed by atoms with Gasteiger partial charge in [-0.2, -0.15) is 13.7 Å². The molecular formula is C18H17N9O3S4. The number of nitrogens with zero attached hydrogens (tertiary/aromatic N) is 8. The first-order chi connectivity index (χ1) is 16.2. The topological polar surface area (TPSA) is 172 Å². The minimum atomic E-state index is -3.88. The molecule has 0 unspecified atom stereocenters. The van der Waals surface area contributed by atoms with Gasteiger partial charge >= 0.3 is 0 Å². The van der Waals surface area contributed by atoms with Gasteiger partial charge in [-0.05, 0) is 42.1 Å². The van der Waals surface area contributed by atoms with Gasteiger partial charge in [0, 0.05) is 37.1 Å². The van der Waals surface area contributed by atoms with Crippen LogP contribution in [0.4, 0.5) is 27.2 Å². The SMILES string of the molecule is CSc1nsc(N=Nc2cc(N=Nc3snc4ccc(S(N)(=O)=O)cc34)c(O)cc2N(C)C)n1. The van der Waals surface area contributed by atoms with Crippen molar-refractivity contribution in [2.75, 3.05) is 25.3 Å². The minimum absolute atomic E-state index is 0.0566. The van der Waals surface area contributed by atoms with Crippen LogP contribution in [0.3, 0.4) is 0 Å². The van der Waals surface area contributed by atoms with E-state index in [2.05, 4.69) is 34.2 Å². The van der Waals surface area contributed by atoms with Crippen molar-refractivity contribution in [3.05, 3.63) is 30.3 Å². The van der Waals surface area contributed by atoms with Gasteiger partial charge in [0.05, 0.1) is 16.1 Å². The summed E-state index contributed by atoms with van der Waals surface area (Å²) in [7, 11) is -0.276. The number of anilines is 1. The molecule has 0 saturated carbocycles. The molecule has 0 aliphatic rings. The Morgan fingerprint density at radius 1 is 1.03 bits per heavy atom. The Morgan fingerprint density at radius 3 is 2.47 bits per heavy atom. The van der Waals surface area contributed by atoms with Crippen molar-refractivity contribution in [1.29, 1.82) is 0 Å². The van der Waals surface area contributed by atoms with E-state index in [0.717, 1.165) is 23.1 Å². The van der Waals surface area contributed by atoms with E-state index in [9.17, 15) is 13.5 Å². The van der Waals surface area contributed by atoms with Gasteiger partial charge in [-0.25, -0.2) is 13.6 Å². The van der Waals surface area contributed by atoms with Crippen LogP contribution in [0.2, 0.25) is 0 Å². The van der Waals surface area contributed by atoms with Crippen molar-refractivity contribution in [1.82, 2.24) is 13.7 Å². The van der Waals surface area contributed by atoms with Gasteiger partial charge in [-0.1, -0.05) is 11.8 Å². The summed E-state index contributed by atoms with van der Waals surface area (Å²) >= 11 is 3.57. The zero-order valence-electron chi connectivity index (χ0n) is 17.9. The summed E-state index contributed by atoms with van der Waals surface area (Å²) < 4.78 is 31.7. The molecule has 0 aliphatic heterocycles. The van der Waals surface area contributed by atoms with E-state index in [0.29, 0.717) is 37.6 Å². The van der Waals surface area contributed by atoms with Gasteiger partial charge in [0.25, 0.3) is 0 Å². The monoisotopic (exact) mass is 535 g/mol. The van der Waals surface area contributed by atoms with E-state index >= 15 is 0 Å². The van der Waals surface area contributed by atoms with E-state index in [4.69, 9.17) is 5.14 Å². The second-order valence-electron chi connectivity index (χ2n) is 6.90. The normalized spacial score (nSPS) is 12.4. The first-order valence-corrected chi connectivity index (χ1v) is 13.7. The second-order valence-corrected chi connectivity index (χ2v) is 10.7. The highest BCUT2D eigenvalue weighted by atomic mass is 32.2. The Labute approximate surface area is 206 Å². The third kappa shape index (κ3) is 5.20. The fourth-order valence-electron chi connectivity index (χ4n) is 2.75. The molecule has 2 aromatic carbocycles. The summed E-state index contributed by atoms with van der Waals surface area (Å²) in [5, 5.41) is 34.3. The Bertz CT molecular complexity index is 1530. The molecule has 0 aliphatic carbocycles. The molecule has 0 radical (unpaired) electrons. The summed E-state index contributed by atoms with van der Waals surface area (Å²) in [5.74, 6) is -0.119. The Balaban J connectivity index is 1.71. The number of hydrogen-bond acceptors (Lipinski definition) is 14. The Morgan fingerprint density at radius 2 is 1.79 bits per heavy atom.